The number of hydrogen-bond acceptors (Lipinski definition) is 2. The van der Waals surface area contributed by atoms with Crippen LogP contribution >= 0.6 is 0 Å². The highest BCUT2D eigenvalue weighted by atomic mass is 16.2. The van der Waals surface area contributed by atoms with Gasteiger partial charge in [-0.05, 0) is 36.0 Å². The van der Waals surface area contributed by atoms with E-state index in [0.29, 0.717) is 12.3 Å². The lowest BCUT2D eigenvalue weighted by Crippen LogP contribution is -2.20. The zero-order valence-electron chi connectivity index (χ0n) is 11.4. The number of nitrogens with two attached hydrogens (primary N) is 1. The van der Waals surface area contributed by atoms with Gasteiger partial charge in [-0.1, -0.05) is 26.0 Å². The molecule has 3 heteroatoms. The number of benzene rings is 1. The van der Waals surface area contributed by atoms with Crippen molar-refractivity contribution in [2.75, 3.05) is 11.9 Å². The quantitative estimate of drug-likeness (QED) is 0.887. The molecule has 1 aliphatic heterocycles. The van der Waals surface area contributed by atoms with Gasteiger partial charge in [0, 0.05) is 18.8 Å². The largest absolute Gasteiger partial charge is 0.324 e. The van der Waals surface area contributed by atoms with Crippen LogP contribution in [0, 0.1) is 5.92 Å². The first-order valence-electron chi connectivity index (χ1n) is 6.64. The molecule has 2 rings (SSSR count). The molecular weight excluding hydrogens is 224 g/mol. The van der Waals surface area contributed by atoms with Gasteiger partial charge in [-0.25, -0.2) is 0 Å². The topological polar surface area (TPSA) is 46.3 Å². The van der Waals surface area contributed by atoms with Gasteiger partial charge in [0.2, 0.25) is 5.91 Å². The maximum Gasteiger partial charge on any atom is 0.231 e. The molecule has 1 amide bonds. The van der Waals surface area contributed by atoms with Crippen molar-refractivity contribution in [3.05, 3.63) is 29.3 Å². The summed E-state index contributed by atoms with van der Waals surface area (Å²) in [5, 5.41) is 0. The van der Waals surface area contributed by atoms with Crippen LogP contribution in [0.4, 0.5) is 5.69 Å². The van der Waals surface area contributed by atoms with Crippen LogP contribution in [-0.2, 0) is 11.2 Å². The molecule has 0 aliphatic carbocycles. The molecule has 0 saturated heterocycles. The number of carbonyl (C=O) groups is 1. The molecule has 0 radical (unpaired) electrons. The predicted molar refractivity (Wildman–Crippen MR) is 74.6 cm³/mol. The number of rotatable bonds is 4. The second-order valence-corrected chi connectivity index (χ2v) is 5.60. The zero-order chi connectivity index (χ0) is 13.3. The molecule has 0 spiro atoms. The van der Waals surface area contributed by atoms with E-state index in [1.165, 1.54) is 0 Å². The van der Waals surface area contributed by atoms with Crippen LogP contribution < -0.4 is 10.6 Å². The smallest absolute Gasteiger partial charge is 0.231 e. The molecule has 1 aromatic carbocycles. The molecule has 1 atom stereocenters. The molecule has 2 N–H and O–H groups in total. The Hall–Kier alpha value is -1.35. The maximum absolute atomic E-state index is 11.6. The lowest BCUT2D eigenvalue weighted by Gasteiger charge is -2.15. The molecule has 1 heterocycles. The summed E-state index contributed by atoms with van der Waals surface area (Å²) in [6.45, 7) is 4.42. The van der Waals surface area contributed by atoms with Crippen LogP contribution in [0.25, 0.3) is 0 Å². The average Bonchev–Trinajstić information content (AvgIpc) is 2.61. The van der Waals surface area contributed by atoms with Gasteiger partial charge in [0.25, 0.3) is 0 Å². The number of anilines is 1. The van der Waals surface area contributed by atoms with E-state index in [2.05, 4.69) is 26.0 Å². The Bertz CT molecular complexity index is 454. The van der Waals surface area contributed by atoms with Crippen LogP contribution in [-0.4, -0.2) is 13.0 Å². The third-order valence-corrected chi connectivity index (χ3v) is 3.66. The van der Waals surface area contributed by atoms with Gasteiger partial charge in [-0.2, -0.15) is 0 Å². The third kappa shape index (κ3) is 2.56. The molecule has 1 aromatic rings. The predicted octanol–water partition coefficient (Wildman–Crippen LogP) is 2.64. The summed E-state index contributed by atoms with van der Waals surface area (Å²) in [5.74, 6) is 0.844. The molecular formula is C15H22N2O. The fourth-order valence-corrected chi connectivity index (χ4v) is 2.40. The summed E-state index contributed by atoms with van der Waals surface area (Å²) in [4.78, 5) is 13.3. The van der Waals surface area contributed by atoms with E-state index in [1.54, 1.807) is 4.90 Å². The van der Waals surface area contributed by atoms with Crippen molar-refractivity contribution in [1.29, 1.82) is 0 Å². The molecule has 0 fully saturated rings. The maximum atomic E-state index is 11.6. The van der Waals surface area contributed by atoms with Gasteiger partial charge < -0.3 is 10.6 Å². The molecule has 0 saturated carbocycles. The van der Waals surface area contributed by atoms with Gasteiger partial charge >= 0.3 is 0 Å². The number of hydrogen-bond donors (Lipinski definition) is 1. The first-order chi connectivity index (χ1) is 8.49. The van der Waals surface area contributed by atoms with Crippen LogP contribution in [0.15, 0.2) is 18.2 Å². The molecule has 1 aliphatic rings. The van der Waals surface area contributed by atoms with E-state index >= 15 is 0 Å². The summed E-state index contributed by atoms with van der Waals surface area (Å²) in [6, 6.07) is 6.25. The van der Waals surface area contributed by atoms with Crippen LogP contribution in [0.5, 0.6) is 0 Å². The summed E-state index contributed by atoms with van der Waals surface area (Å²) in [7, 11) is 1.83. The first-order valence-corrected chi connectivity index (χ1v) is 6.64. The van der Waals surface area contributed by atoms with Crippen molar-refractivity contribution < 1.29 is 4.79 Å². The number of likely N-dealkylation sites (N-methyl/N-ethyl adjacent to an activating group) is 1. The van der Waals surface area contributed by atoms with Crippen LogP contribution in [0.1, 0.15) is 43.9 Å². The minimum absolute atomic E-state index is 0.0821. The van der Waals surface area contributed by atoms with Crippen LogP contribution in [0.2, 0.25) is 0 Å². The third-order valence-electron chi connectivity index (χ3n) is 3.66. The molecule has 3 nitrogen and oxygen atoms in total. The Morgan fingerprint density at radius 1 is 1.33 bits per heavy atom. The Kier molecular flexibility index (Phi) is 3.71. The SMILES string of the molecule is CC(C)CCC(N)c1ccc2c(c1)CC(=O)N2C. The Labute approximate surface area is 109 Å². The minimum Gasteiger partial charge on any atom is -0.324 e. The van der Waals surface area contributed by atoms with Gasteiger partial charge in [-0.15, -0.1) is 0 Å². The number of nitrogens with zero attached hydrogens (tertiary/aromatic N) is 1. The van der Waals surface area contributed by atoms with Gasteiger partial charge in [0.15, 0.2) is 0 Å². The zero-order valence-corrected chi connectivity index (χ0v) is 11.4. The molecule has 1 unspecified atom stereocenters. The monoisotopic (exact) mass is 246 g/mol. The fraction of sp³-hybridized carbons (Fsp3) is 0.533. The molecule has 0 bridgehead atoms. The van der Waals surface area contributed by atoms with Gasteiger partial charge in [-0.3, -0.25) is 4.79 Å². The first kappa shape index (κ1) is 13.1. The van der Waals surface area contributed by atoms with Crippen molar-refractivity contribution >= 4 is 11.6 Å². The highest BCUT2D eigenvalue weighted by molar-refractivity contribution is 6.00. The van der Waals surface area contributed by atoms with E-state index in [4.69, 9.17) is 5.73 Å². The molecule has 18 heavy (non-hydrogen) atoms. The highest BCUT2D eigenvalue weighted by Gasteiger charge is 2.24. The Balaban J connectivity index is 2.13. The van der Waals surface area contributed by atoms with Crippen molar-refractivity contribution in [1.82, 2.24) is 0 Å². The normalized spacial score (nSPS) is 16.3. The van der Waals surface area contributed by atoms with Crippen molar-refractivity contribution in [2.45, 2.75) is 39.2 Å². The second kappa shape index (κ2) is 5.11. The number of amides is 1. The van der Waals surface area contributed by atoms with Crippen LogP contribution in [0.3, 0.4) is 0 Å². The van der Waals surface area contributed by atoms with Gasteiger partial charge in [0.05, 0.1) is 6.42 Å². The summed E-state index contributed by atoms with van der Waals surface area (Å²) in [6.07, 6.45) is 2.65. The standard InChI is InChI=1S/C15H22N2O/c1-10(2)4-6-13(16)11-5-7-14-12(8-11)9-15(18)17(14)3/h5,7-8,10,13H,4,6,9,16H2,1-3H3. The van der Waals surface area contributed by atoms with Gasteiger partial charge in [0.1, 0.15) is 0 Å². The summed E-state index contributed by atoms with van der Waals surface area (Å²) >= 11 is 0. The summed E-state index contributed by atoms with van der Waals surface area (Å²) < 4.78 is 0. The van der Waals surface area contributed by atoms with E-state index < -0.39 is 0 Å². The number of carbonyl (C=O) groups excluding carboxylic acids is 1. The lowest BCUT2D eigenvalue weighted by molar-refractivity contribution is -0.117. The van der Waals surface area contributed by atoms with E-state index in [1.807, 2.05) is 13.1 Å². The van der Waals surface area contributed by atoms with E-state index in [9.17, 15) is 4.79 Å². The second-order valence-electron chi connectivity index (χ2n) is 5.60. The van der Waals surface area contributed by atoms with Crippen molar-refractivity contribution in [3.8, 4) is 0 Å². The Morgan fingerprint density at radius 2 is 2.06 bits per heavy atom. The van der Waals surface area contributed by atoms with Crippen molar-refractivity contribution in [3.63, 3.8) is 0 Å². The molecule has 0 aromatic heterocycles. The van der Waals surface area contributed by atoms with E-state index in [-0.39, 0.29) is 11.9 Å². The fourth-order valence-electron chi connectivity index (χ4n) is 2.40. The average molecular weight is 246 g/mol. The minimum atomic E-state index is 0.0821. The molecule has 98 valence electrons. The Morgan fingerprint density at radius 3 is 2.72 bits per heavy atom. The lowest BCUT2D eigenvalue weighted by atomic mass is 9.96. The van der Waals surface area contributed by atoms with E-state index in [0.717, 1.165) is 29.7 Å². The van der Waals surface area contributed by atoms with Crippen molar-refractivity contribution in [2.24, 2.45) is 11.7 Å². The summed E-state index contributed by atoms with van der Waals surface area (Å²) in [5.41, 5.74) is 9.50. The number of fused-ring (bicyclic) bond motifs is 1. The highest BCUT2D eigenvalue weighted by Crippen LogP contribution is 2.30.